The van der Waals surface area contributed by atoms with E-state index in [1.807, 2.05) is 48.5 Å². The second kappa shape index (κ2) is 10.3. The van der Waals surface area contributed by atoms with Crippen LogP contribution in [0.25, 0.3) is 0 Å². The Morgan fingerprint density at radius 3 is 1.77 bits per heavy atom. The third kappa shape index (κ3) is 6.66. The van der Waals surface area contributed by atoms with E-state index < -0.39 is 18.4 Å². The molecule has 0 atom stereocenters. The molecule has 138 valence electrons. The smallest absolute Gasteiger partial charge is 0.250 e. The molecule has 4 N–H and O–H groups in total. The Balaban J connectivity index is 1.71. The molecule has 0 unspecified atom stereocenters. The number of carbonyl (C=O) groups is 2. The van der Waals surface area contributed by atoms with Crippen molar-refractivity contribution in [1.29, 1.82) is 0 Å². The van der Waals surface area contributed by atoms with Gasteiger partial charge < -0.3 is 10.4 Å². The third-order valence-corrected chi connectivity index (χ3v) is 4.07. The van der Waals surface area contributed by atoms with Gasteiger partial charge in [-0.2, -0.15) is 0 Å². The number of benzene rings is 2. The minimum atomic E-state index is -0.517. The Morgan fingerprint density at radius 1 is 0.769 bits per heavy atom. The van der Waals surface area contributed by atoms with Gasteiger partial charge >= 0.3 is 0 Å². The van der Waals surface area contributed by atoms with Gasteiger partial charge in [-0.05, 0) is 54.5 Å². The number of aliphatic hydroxyl groups is 1. The standard InChI is InChI=1S/C20H24N2O4/c23-14-20(25)21-18-11-9-16(10-12-18)4-2-1-3-15-5-7-17(8-6-15)13-19(24)22-26/h5-12,23,26H,1-4,13-14H2,(H,21,25)(H,22,24). The van der Waals surface area contributed by atoms with E-state index in [0.29, 0.717) is 5.69 Å². The van der Waals surface area contributed by atoms with Gasteiger partial charge in [-0.15, -0.1) is 0 Å². The zero-order chi connectivity index (χ0) is 18.8. The molecule has 0 radical (unpaired) electrons. The Labute approximate surface area is 152 Å². The summed E-state index contributed by atoms with van der Waals surface area (Å²) in [5.41, 5.74) is 5.61. The van der Waals surface area contributed by atoms with E-state index in [1.54, 1.807) is 5.48 Å². The second-order valence-electron chi connectivity index (χ2n) is 6.14. The van der Waals surface area contributed by atoms with E-state index >= 15 is 0 Å². The summed E-state index contributed by atoms with van der Waals surface area (Å²) in [7, 11) is 0. The van der Waals surface area contributed by atoms with Gasteiger partial charge in [0.15, 0.2) is 0 Å². The maximum atomic E-state index is 11.1. The van der Waals surface area contributed by atoms with Crippen LogP contribution in [0.4, 0.5) is 5.69 Å². The molecular weight excluding hydrogens is 332 g/mol. The summed E-state index contributed by atoms with van der Waals surface area (Å²) in [5.74, 6) is -0.833. The Bertz CT molecular complexity index is 648. The van der Waals surface area contributed by atoms with Gasteiger partial charge in [0.1, 0.15) is 6.61 Å². The van der Waals surface area contributed by atoms with E-state index in [9.17, 15) is 9.59 Å². The maximum absolute atomic E-state index is 11.1. The van der Waals surface area contributed by atoms with Crippen molar-refractivity contribution < 1.29 is 19.9 Å². The normalized spacial score (nSPS) is 10.4. The first-order valence-corrected chi connectivity index (χ1v) is 8.61. The molecule has 0 aliphatic rings. The molecule has 0 bridgehead atoms. The number of nitrogens with one attached hydrogen (secondary N) is 2. The Morgan fingerprint density at radius 2 is 1.27 bits per heavy atom. The minimum absolute atomic E-state index is 0.172. The highest BCUT2D eigenvalue weighted by molar-refractivity contribution is 5.91. The molecule has 2 aromatic carbocycles. The lowest BCUT2D eigenvalue weighted by Crippen LogP contribution is -2.20. The topological polar surface area (TPSA) is 98.7 Å². The van der Waals surface area contributed by atoms with E-state index in [0.717, 1.165) is 31.2 Å². The van der Waals surface area contributed by atoms with E-state index in [1.165, 1.54) is 11.1 Å². The van der Waals surface area contributed by atoms with Gasteiger partial charge in [-0.1, -0.05) is 36.4 Å². The van der Waals surface area contributed by atoms with E-state index in [-0.39, 0.29) is 6.42 Å². The van der Waals surface area contributed by atoms with Crippen molar-refractivity contribution in [2.45, 2.75) is 32.1 Å². The van der Waals surface area contributed by atoms with Crippen molar-refractivity contribution >= 4 is 17.5 Å². The summed E-state index contributed by atoms with van der Waals surface area (Å²) >= 11 is 0. The zero-order valence-corrected chi connectivity index (χ0v) is 14.6. The van der Waals surface area contributed by atoms with Gasteiger partial charge in [0.2, 0.25) is 11.8 Å². The summed E-state index contributed by atoms with van der Waals surface area (Å²) < 4.78 is 0. The van der Waals surface area contributed by atoms with Crippen LogP contribution in [0.5, 0.6) is 0 Å². The maximum Gasteiger partial charge on any atom is 0.250 e. The number of amides is 2. The number of hydroxylamine groups is 1. The number of carbonyl (C=O) groups excluding carboxylic acids is 2. The minimum Gasteiger partial charge on any atom is -0.387 e. The number of hydrogen-bond acceptors (Lipinski definition) is 4. The molecule has 2 rings (SSSR count). The van der Waals surface area contributed by atoms with Crippen LogP contribution in [0.15, 0.2) is 48.5 Å². The number of hydrogen-bond donors (Lipinski definition) is 4. The Kier molecular flexibility index (Phi) is 7.79. The first-order valence-electron chi connectivity index (χ1n) is 8.61. The van der Waals surface area contributed by atoms with E-state index in [2.05, 4.69) is 5.32 Å². The quantitative estimate of drug-likeness (QED) is 0.315. The number of aliphatic hydroxyl groups excluding tert-OH is 1. The lowest BCUT2D eigenvalue weighted by atomic mass is 10.0. The molecule has 0 heterocycles. The van der Waals surface area contributed by atoms with E-state index in [4.69, 9.17) is 10.3 Å². The first-order chi connectivity index (χ1) is 12.6. The van der Waals surface area contributed by atoms with Crippen molar-refractivity contribution in [2.75, 3.05) is 11.9 Å². The molecule has 6 heteroatoms. The zero-order valence-electron chi connectivity index (χ0n) is 14.6. The molecule has 2 aromatic rings. The molecule has 0 aromatic heterocycles. The van der Waals surface area contributed by atoms with Crippen molar-refractivity contribution in [3.63, 3.8) is 0 Å². The van der Waals surface area contributed by atoms with Crippen LogP contribution < -0.4 is 10.8 Å². The predicted molar refractivity (Wildman–Crippen MR) is 98.9 cm³/mol. The monoisotopic (exact) mass is 356 g/mol. The average molecular weight is 356 g/mol. The molecule has 0 aliphatic heterocycles. The first kappa shape index (κ1) is 19.6. The lowest BCUT2D eigenvalue weighted by molar-refractivity contribution is -0.128. The van der Waals surface area contributed by atoms with Gasteiger partial charge in [0.25, 0.3) is 0 Å². The van der Waals surface area contributed by atoms with Gasteiger partial charge in [-0.25, -0.2) is 5.48 Å². The number of anilines is 1. The van der Waals surface area contributed by atoms with Gasteiger partial charge in [-0.3, -0.25) is 14.8 Å². The molecule has 6 nitrogen and oxygen atoms in total. The van der Waals surface area contributed by atoms with Crippen LogP contribution >= 0.6 is 0 Å². The van der Waals surface area contributed by atoms with Crippen LogP contribution in [0.1, 0.15) is 29.5 Å². The molecular formula is C20H24N2O4. The van der Waals surface area contributed by atoms with Crippen LogP contribution in [0.2, 0.25) is 0 Å². The fourth-order valence-electron chi connectivity index (χ4n) is 2.66. The van der Waals surface area contributed by atoms with Crippen molar-refractivity contribution in [3.8, 4) is 0 Å². The Hall–Kier alpha value is -2.70. The molecule has 0 aliphatic carbocycles. The molecule has 0 saturated carbocycles. The molecule has 0 saturated heterocycles. The van der Waals surface area contributed by atoms with Crippen LogP contribution in [0, 0.1) is 0 Å². The van der Waals surface area contributed by atoms with Crippen LogP contribution in [-0.4, -0.2) is 28.7 Å². The third-order valence-electron chi connectivity index (χ3n) is 4.07. The van der Waals surface area contributed by atoms with Crippen LogP contribution in [0.3, 0.4) is 0 Å². The number of rotatable bonds is 9. The van der Waals surface area contributed by atoms with Crippen molar-refractivity contribution in [2.24, 2.45) is 0 Å². The highest BCUT2D eigenvalue weighted by Gasteiger charge is 2.03. The lowest BCUT2D eigenvalue weighted by Gasteiger charge is -2.06. The highest BCUT2D eigenvalue weighted by Crippen LogP contribution is 2.14. The fraction of sp³-hybridized carbons (Fsp3) is 0.300. The van der Waals surface area contributed by atoms with Gasteiger partial charge in [0.05, 0.1) is 6.42 Å². The summed E-state index contributed by atoms with van der Waals surface area (Å²) in [5, 5.41) is 19.8. The second-order valence-corrected chi connectivity index (χ2v) is 6.14. The molecule has 26 heavy (non-hydrogen) atoms. The highest BCUT2D eigenvalue weighted by atomic mass is 16.5. The van der Waals surface area contributed by atoms with Crippen molar-refractivity contribution in [1.82, 2.24) is 5.48 Å². The largest absolute Gasteiger partial charge is 0.387 e. The summed E-state index contributed by atoms with van der Waals surface area (Å²) in [4.78, 5) is 22.2. The molecule has 0 fully saturated rings. The molecule has 2 amide bonds. The summed E-state index contributed by atoms with van der Waals surface area (Å²) in [6.45, 7) is -0.517. The SMILES string of the molecule is O=C(Cc1ccc(CCCCc2ccc(NC(=O)CO)cc2)cc1)NO. The number of unbranched alkanes of at least 4 members (excludes halogenated alkanes) is 1. The van der Waals surface area contributed by atoms with Crippen molar-refractivity contribution in [3.05, 3.63) is 65.2 Å². The van der Waals surface area contributed by atoms with Gasteiger partial charge in [0, 0.05) is 5.69 Å². The predicted octanol–water partition coefficient (Wildman–Crippen LogP) is 2.23. The van der Waals surface area contributed by atoms with Crippen LogP contribution in [-0.2, 0) is 28.9 Å². The number of aryl methyl sites for hydroxylation is 2. The summed E-state index contributed by atoms with van der Waals surface area (Å²) in [6.07, 6.45) is 4.21. The molecule has 0 spiro atoms. The summed E-state index contributed by atoms with van der Waals surface area (Å²) in [6, 6.07) is 15.5. The average Bonchev–Trinajstić information content (AvgIpc) is 2.67. The fourth-order valence-corrected chi connectivity index (χ4v) is 2.66.